The Morgan fingerprint density at radius 1 is 1.20 bits per heavy atom. The molecule has 0 bridgehead atoms. The van der Waals surface area contributed by atoms with E-state index in [0.717, 1.165) is 4.47 Å². The van der Waals surface area contributed by atoms with Crippen molar-refractivity contribution in [1.82, 2.24) is 5.32 Å². The van der Waals surface area contributed by atoms with Gasteiger partial charge in [0, 0.05) is 16.7 Å². The molecule has 1 aromatic rings. The highest BCUT2D eigenvalue weighted by atomic mass is 79.9. The van der Waals surface area contributed by atoms with Gasteiger partial charge in [-0.15, -0.1) is 0 Å². The van der Waals surface area contributed by atoms with Gasteiger partial charge >= 0.3 is 0 Å². The molecular weight excluding hydrogens is 320 g/mol. The van der Waals surface area contributed by atoms with E-state index in [9.17, 15) is 9.59 Å². The predicted molar refractivity (Wildman–Crippen MR) is 82.3 cm³/mol. The van der Waals surface area contributed by atoms with Crippen LogP contribution in [0.2, 0.25) is 0 Å². The third-order valence-corrected chi connectivity index (χ3v) is 3.92. The quantitative estimate of drug-likeness (QED) is 0.811. The first-order chi connectivity index (χ1) is 9.44. The van der Waals surface area contributed by atoms with E-state index >= 15 is 0 Å². The number of amides is 2. The number of hydrogen-bond donors (Lipinski definition) is 2. The summed E-state index contributed by atoms with van der Waals surface area (Å²) in [5.74, 6) is 0.0196. The average Bonchev–Trinajstić information content (AvgIpc) is 3.20. The first kappa shape index (κ1) is 15.0. The summed E-state index contributed by atoms with van der Waals surface area (Å²) in [6.45, 7) is 4.66. The van der Waals surface area contributed by atoms with E-state index in [1.807, 2.05) is 38.1 Å². The van der Waals surface area contributed by atoms with E-state index in [1.54, 1.807) is 0 Å². The molecule has 0 aliphatic heterocycles. The predicted octanol–water partition coefficient (Wildman–Crippen LogP) is 2.94. The van der Waals surface area contributed by atoms with Gasteiger partial charge in [0.15, 0.2) is 0 Å². The Kier molecular flexibility index (Phi) is 4.48. The zero-order valence-electron chi connectivity index (χ0n) is 11.7. The standard InChI is InChI=1S/C15H19BrN2O2/c1-10(2)9-17-13(19)15(7-8-15)14(20)18-12-5-3-11(16)4-6-12/h3-6,10H,7-9H2,1-2H3,(H,17,19)(H,18,20). The van der Waals surface area contributed by atoms with E-state index in [-0.39, 0.29) is 11.8 Å². The Morgan fingerprint density at radius 3 is 2.30 bits per heavy atom. The highest BCUT2D eigenvalue weighted by Gasteiger charge is 2.56. The topological polar surface area (TPSA) is 58.2 Å². The second-order valence-corrected chi connectivity index (χ2v) is 6.56. The lowest BCUT2D eigenvalue weighted by molar-refractivity contribution is -0.134. The van der Waals surface area contributed by atoms with Gasteiger partial charge in [-0.1, -0.05) is 29.8 Å². The Bertz CT molecular complexity index is 507. The van der Waals surface area contributed by atoms with Gasteiger partial charge in [0.2, 0.25) is 11.8 Å². The third kappa shape index (κ3) is 3.39. The molecule has 0 saturated heterocycles. The zero-order valence-corrected chi connectivity index (χ0v) is 13.3. The normalized spacial score (nSPS) is 15.8. The van der Waals surface area contributed by atoms with Crippen LogP contribution >= 0.6 is 15.9 Å². The molecule has 1 saturated carbocycles. The number of benzene rings is 1. The number of hydrogen-bond acceptors (Lipinski definition) is 2. The molecule has 4 nitrogen and oxygen atoms in total. The number of rotatable bonds is 5. The molecule has 0 unspecified atom stereocenters. The summed E-state index contributed by atoms with van der Waals surface area (Å²) in [5, 5.41) is 5.67. The van der Waals surface area contributed by atoms with E-state index in [1.165, 1.54) is 0 Å². The van der Waals surface area contributed by atoms with Crippen molar-refractivity contribution in [2.24, 2.45) is 11.3 Å². The van der Waals surface area contributed by atoms with E-state index < -0.39 is 5.41 Å². The van der Waals surface area contributed by atoms with E-state index in [0.29, 0.717) is 31.0 Å². The molecule has 1 aromatic carbocycles. The third-order valence-electron chi connectivity index (χ3n) is 3.39. The molecule has 20 heavy (non-hydrogen) atoms. The smallest absolute Gasteiger partial charge is 0.240 e. The first-order valence-electron chi connectivity index (χ1n) is 6.79. The van der Waals surface area contributed by atoms with Crippen LogP contribution in [0.15, 0.2) is 28.7 Å². The Balaban J connectivity index is 1.97. The van der Waals surface area contributed by atoms with Crippen LogP contribution in [0, 0.1) is 11.3 Å². The van der Waals surface area contributed by atoms with Crippen molar-refractivity contribution in [3.05, 3.63) is 28.7 Å². The number of carbonyl (C=O) groups excluding carboxylic acids is 2. The van der Waals surface area contributed by atoms with Crippen LogP contribution in [0.3, 0.4) is 0 Å². The molecule has 2 rings (SSSR count). The fraction of sp³-hybridized carbons (Fsp3) is 0.467. The van der Waals surface area contributed by atoms with Gasteiger partial charge in [0.1, 0.15) is 5.41 Å². The summed E-state index contributed by atoms with van der Waals surface area (Å²) in [7, 11) is 0. The molecule has 108 valence electrons. The molecule has 0 heterocycles. The van der Waals surface area contributed by atoms with Crippen LogP contribution in [0.4, 0.5) is 5.69 Å². The highest BCUT2D eigenvalue weighted by molar-refractivity contribution is 9.10. The van der Waals surface area contributed by atoms with Crippen molar-refractivity contribution < 1.29 is 9.59 Å². The summed E-state index contributed by atoms with van der Waals surface area (Å²) in [4.78, 5) is 24.4. The molecule has 0 aromatic heterocycles. The Hall–Kier alpha value is -1.36. The molecule has 2 N–H and O–H groups in total. The van der Waals surface area contributed by atoms with E-state index in [4.69, 9.17) is 0 Å². The van der Waals surface area contributed by atoms with Crippen LogP contribution in [0.1, 0.15) is 26.7 Å². The molecule has 0 spiro atoms. The summed E-state index contributed by atoms with van der Waals surface area (Å²) in [5.41, 5.74) is -0.150. The SMILES string of the molecule is CC(C)CNC(=O)C1(C(=O)Nc2ccc(Br)cc2)CC1. The molecule has 2 amide bonds. The lowest BCUT2D eigenvalue weighted by Crippen LogP contribution is -2.41. The zero-order chi connectivity index (χ0) is 14.8. The maximum Gasteiger partial charge on any atom is 0.240 e. The second kappa shape index (κ2) is 5.95. The minimum atomic E-state index is -0.859. The van der Waals surface area contributed by atoms with Crippen LogP contribution in [0.5, 0.6) is 0 Å². The summed E-state index contributed by atoms with van der Waals surface area (Å²) < 4.78 is 0.950. The molecule has 1 fully saturated rings. The number of halogens is 1. The van der Waals surface area contributed by atoms with Crippen molar-refractivity contribution in [3.63, 3.8) is 0 Å². The molecular formula is C15H19BrN2O2. The molecule has 0 radical (unpaired) electrons. The van der Waals surface area contributed by atoms with Crippen LogP contribution in [0.25, 0.3) is 0 Å². The summed E-state index contributed by atoms with van der Waals surface area (Å²) >= 11 is 3.34. The summed E-state index contributed by atoms with van der Waals surface area (Å²) in [6, 6.07) is 7.33. The van der Waals surface area contributed by atoms with Crippen LogP contribution < -0.4 is 10.6 Å². The summed E-state index contributed by atoms with van der Waals surface area (Å²) in [6.07, 6.45) is 1.25. The van der Waals surface area contributed by atoms with Crippen LogP contribution in [-0.4, -0.2) is 18.4 Å². The second-order valence-electron chi connectivity index (χ2n) is 5.65. The number of anilines is 1. The molecule has 1 aliphatic rings. The van der Waals surface area contributed by atoms with Gasteiger partial charge in [-0.3, -0.25) is 9.59 Å². The minimum Gasteiger partial charge on any atom is -0.355 e. The fourth-order valence-electron chi connectivity index (χ4n) is 1.93. The van der Waals surface area contributed by atoms with Crippen molar-refractivity contribution in [1.29, 1.82) is 0 Å². The lowest BCUT2D eigenvalue weighted by Gasteiger charge is -2.16. The maximum absolute atomic E-state index is 12.3. The van der Waals surface area contributed by atoms with Gasteiger partial charge in [0.05, 0.1) is 0 Å². The maximum atomic E-state index is 12.3. The largest absolute Gasteiger partial charge is 0.355 e. The monoisotopic (exact) mass is 338 g/mol. The number of nitrogens with one attached hydrogen (secondary N) is 2. The van der Waals surface area contributed by atoms with Gasteiger partial charge in [0.25, 0.3) is 0 Å². The first-order valence-corrected chi connectivity index (χ1v) is 7.59. The average molecular weight is 339 g/mol. The number of carbonyl (C=O) groups is 2. The molecule has 1 aliphatic carbocycles. The van der Waals surface area contributed by atoms with Gasteiger partial charge in [-0.2, -0.15) is 0 Å². The van der Waals surface area contributed by atoms with Crippen molar-refractivity contribution in [2.75, 3.05) is 11.9 Å². The molecule has 0 atom stereocenters. The van der Waals surface area contributed by atoms with Crippen molar-refractivity contribution >= 4 is 33.4 Å². The van der Waals surface area contributed by atoms with Gasteiger partial charge < -0.3 is 10.6 Å². The highest BCUT2D eigenvalue weighted by Crippen LogP contribution is 2.46. The fourth-order valence-corrected chi connectivity index (χ4v) is 2.20. The Labute approximate surface area is 127 Å². The van der Waals surface area contributed by atoms with Crippen molar-refractivity contribution in [3.8, 4) is 0 Å². The Morgan fingerprint density at radius 2 is 1.80 bits per heavy atom. The van der Waals surface area contributed by atoms with Gasteiger partial charge in [-0.05, 0) is 43.0 Å². The lowest BCUT2D eigenvalue weighted by atomic mass is 10.0. The van der Waals surface area contributed by atoms with Gasteiger partial charge in [-0.25, -0.2) is 0 Å². The van der Waals surface area contributed by atoms with Crippen LogP contribution in [-0.2, 0) is 9.59 Å². The molecule has 5 heteroatoms. The minimum absolute atomic E-state index is 0.152. The van der Waals surface area contributed by atoms with E-state index in [2.05, 4.69) is 26.6 Å². The van der Waals surface area contributed by atoms with Crippen molar-refractivity contribution in [2.45, 2.75) is 26.7 Å².